The van der Waals surface area contributed by atoms with Crippen molar-refractivity contribution in [3.05, 3.63) is 33.3 Å². The molecule has 0 heterocycles. The van der Waals surface area contributed by atoms with E-state index in [4.69, 9.17) is 4.74 Å². The van der Waals surface area contributed by atoms with Gasteiger partial charge in [-0.3, -0.25) is 0 Å². The van der Waals surface area contributed by atoms with Gasteiger partial charge in [-0.1, -0.05) is 38.5 Å². The van der Waals surface area contributed by atoms with E-state index in [2.05, 4.69) is 45.4 Å². The van der Waals surface area contributed by atoms with Gasteiger partial charge in [0.15, 0.2) is 0 Å². The third kappa shape index (κ3) is 3.45. The average molecular weight is 397 g/mol. The lowest BCUT2D eigenvalue weighted by Gasteiger charge is -2.09. The molecule has 0 fully saturated rings. The van der Waals surface area contributed by atoms with Gasteiger partial charge < -0.3 is 4.74 Å². The molecular formula is C12H14BrIO2. The molecule has 0 radical (unpaired) electrons. The molecule has 4 heteroatoms. The number of esters is 1. The van der Waals surface area contributed by atoms with Gasteiger partial charge in [-0.15, -0.1) is 0 Å². The van der Waals surface area contributed by atoms with Gasteiger partial charge in [-0.2, -0.15) is 0 Å². The molecule has 0 atom stereocenters. The molecule has 1 aromatic rings. The van der Waals surface area contributed by atoms with Crippen LogP contribution >= 0.6 is 38.5 Å². The zero-order chi connectivity index (χ0) is 12.1. The highest BCUT2D eigenvalue weighted by atomic mass is 127. The van der Waals surface area contributed by atoms with E-state index in [1.807, 2.05) is 12.1 Å². The van der Waals surface area contributed by atoms with Gasteiger partial charge in [0, 0.05) is 4.47 Å². The highest BCUT2D eigenvalue weighted by Gasteiger charge is 2.11. The number of carbonyl (C=O) groups is 1. The minimum atomic E-state index is -0.281. The molecule has 0 spiro atoms. The van der Waals surface area contributed by atoms with Crippen molar-refractivity contribution < 1.29 is 9.53 Å². The van der Waals surface area contributed by atoms with Gasteiger partial charge >= 0.3 is 5.97 Å². The molecule has 0 saturated carbocycles. The summed E-state index contributed by atoms with van der Waals surface area (Å²) in [5.74, 6) is -0.281. The van der Waals surface area contributed by atoms with Gasteiger partial charge in [0.05, 0.1) is 12.7 Å². The number of methoxy groups -OCH3 is 1. The van der Waals surface area contributed by atoms with E-state index >= 15 is 0 Å². The second-order valence-electron chi connectivity index (χ2n) is 3.53. The maximum Gasteiger partial charge on any atom is 0.337 e. The average Bonchev–Trinajstić information content (AvgIpc) is 2.29. The normalized spacial score (nSPS) is 10.2. The first-order chi connectivity index (χ1) is 7.60. The number of ether oxygens (including phenoxy) is 1. The minimum Gasteiger partial charge on any atom is -0.465 e. The van der Waals surface area contributed by atoms with Crippen molar-refractivity contribution in [1.29, 1.82) is 0 Å². The summed E-state index contributed by atoms with van der Waals surface area (Å²) in [6.07, 6.45) is 2.12. The second kappa shape index (κ2) is 6.59. The molecule has 2 nitrogen and oxygen atoms in total. The van der Waals surface area contributed by atoms with E-state index in [0.717, 1.165) is 21.7 Å². The number of benzene rings is 1. The summed E-state index contributed by atoms with van der Waals surface area (Å²) >= 11 is 5.84. The molecule has 1 rings (SSSR count). The van der Waals surface area contributed by atoms with Gasteiger partial charge in [-0.25, -0.2) is 4.79 Å². The molecule has 0 aliphatic heterocycles. The Kier molecular flexibility index (Phi) is 5.75. The van der Waals surface area contributed by atoms with Crippen LogP contribution in [0.2, 0.25) is 0 Å². The predicted octanol–water partition coefficient (Wildman–Crippen LogP) is 3.91. The molecule has 88 valence electrons. The molecule has 0 N–H and O–H groups in total. The van der Waals surface area contributed by atoms with Crippen LogP contribution in [0.25, 0.3) is 0 Å². The molecule has 1 aromatic carbocycles. The largest absolute Gasteiger partial charge is 0.465 e. The van der Waals surface area contributed by atoms with Crippen molar-refractivity contribution in [3.63, 3.8) is 0 Å². The van der Waals surface area contributed by atoms with Crippen molar-refractivity contribution in [2.24, 2.45) is 0 Å². The quantitative estimate of drug-likeness (QED) is 0.438. The Balaban J connectivity index is 3.06. The maximum atomic E-state index is 11.5. The Labute approximate surface area is 118 Å². The molecule has 0 bridgehead atoms. The molecule has 0 aromatic heterocycles. The molecule has 0 aliphatic rings. The number of carbonyl (C=O) groups excluding carboxylic acids is 1. The first-order valence-electron chi connectivity index (χ1n) is 5.03. The zero-order valence-corrected chi connectivity index (χ0v) is 13.1. The Hall–Kier alpha value is -0.100. The van der Waals surface area contributed by atoms with Crippen molar-refractivity contribution in [3.8, 4) is 0 Å². The number of hydrogen-bond acceptors (Lipinski definition) is 2. The highest BCUT2D eigenvalue weighted by Crippen LogP contribution is 2.24. The molecule has 0 unspecified atom stereocenters. The van der Waals surface area contributed by atoms with E-state index in [1.54, 1.807) is 0 Å². The van der Waals surface area contributed by atoms with Crippen LogP contribution in [0.4, 0.5) is 0 Å². The van der Waals surface area contributed by atoms with Crippen LogP contribution in [0.15, 0.2) is 16.6 Å². The Bertz CT molecular complexity index is 391. The van der Waals surface area contributed by atoms with Crippen molar-refractivity contribution in [2.45, 2.75) is 19.8 Å². The van der Waals surface area contributed by atoms with Crippen molar-refractivity contribution in [2.75, 3.05) is 11.5 Å². The summed E-state index contributed by atoms with van der Waals surface area (Å²) in [5.41, 5.74) is 3.03. The topological polar surface area (TPSA) is 26.3 Å². The number of alkyl halides is 1. The third-order valence-corrected chi connectivity index (χ3v) is 4.04. The SMILES string of the molecule is COC(=O)c1cc(Br)c(C)c(CCCI)c1. The van der Waals surface area contributed by atoms with E-state index in [1.165, 1.54) is 18.2 Å². The predicted molar refractivity (Wildman–Crippen MR) is 77.4 cm³/mol. The summed E-state index contributed by atoms with van der Waals surface area (Å²) in [7, 11) is 1.40. The molecule has 0 amide bonds. The summed E-state index contributed by atoms with van der Waals surface area (Å²) in [4.78, 5) is 11.5. The van der Waals surface area contributed by atoms with Crippen LogP contribution in [0, 0.1) is 6.92 Å². The zero-order valence-electron chi connectivity index (χ0n) is 9.35. The lowest BCUT2D eigenvalue weighted by atomic mass is 10.0. The molecular weight excluding hydrogens is 383 g/mol. The van der Waals surface area contributed by atoms with E-state index in [-0.39, 0.29) is 5.97 Å². The van der Waals surface area contributed by atoms with Crippen LogP contribution in [0.1, 0.15) is 27.9 Å². The Morgan fingerprint density at radius 3 is 2.75 bits per heavy atom. The van der Waals surface area contributed by atoms with Crippen LogP contribution in [0.5, 0.6) is 0 Å². The standard InChI is InChI=1S/C12H14BrIO2/c1-8-9(4-3-5-14)6-10(7-11(8)13)12(15)16-2/h6-7H,3-5H2,1-2H3. The Morgan fingerprint density at radius 1 is 1.50 bits per heavy atom. The van der Waals surface area contributed by atoms with Gasteiger partial charge in [0.1, 0.15) is 0 Å². The van der Waals surface area contributed by atoms with Crippen molar-refractivity contribution >= 4 is 44.5 Å². The maximum absolute atomic E-state index is 11.5. The fourth-order valence-electron chi connectivity index (χ4n) is 1.49. The lowest BCUT2D eigenvalue weighted by Crippen LogP contribution is -2.04. The van der Waals surface area contributed by atoms with Crippen molar-refractivity contribution in [1.82, 2.24) is 0 Å². The van der Waals surface area contributed by atoms with Gasteiger partial charge in [0.2, 0.25) is 0 Å². The number of hydrogen-bond donors (Lipinski definition) is 0. The fourth-order valence-corrected chi connectivity index (χ4v) is 2.37. The number of rotatable bonds is 4. The van der Waals surface area contributed by atoms with Crippen LogP contribution in [-0.4, -0.2) is 17.5 Å². The fraction of sp³-hybridized carbons (Fsp3) is 0.417. The van der Waals surface area contributed by atoms with E-state index in [9.17, 15) is 4.79 Å². The third-order valence-electron chi connectivity index (χ3n) is 2.45. The highest BCUT2D eigenvalue weighted by molar-refractivity contribution is 14.1. The first kappa shape index (κ1) is 14.0. The minimum absolute atomic E-state index is 0.281. The second-order valence-corrected chi connectivity index (χ2v) is 5.46. The van der Waals surface area contributed by atoms with E-state index in [0.29, 0.717) is 5.56 Å². The van der Waals surface area contributed by atoms with Gasteiger partial charge in [0.25, 0.3) is 0 Å². The summed E-state index contributed by atoms with van der Waals surface area (Å²) < 4.78 is 6.82. The van der Waals surface area contributed by atoms with E-state index < -0.39 is 0 Å². The monoisotopic (exact) mass is 396 g/mol. The number of halogens is 2. The van der Waals surface area contributed by atoms with Gasteiger partial charge in [-0.05, 0) is 47.5 Å². The summed E-state index contributed by atoms with van der Waals surface area (Å²) in [6.45, 7) is 2.06. The first-order valence-corrected chi connectivity index (χ1v) is 7.35. The molecule has 16 heavy (non-hydrogen) atoms. The van der Waals surface area contributed by atoms with Crippen LogP contribution < -0.4 is 0 Å². The smallest absolute Gasteiger partial charge is 0.337 e. The summed E-state index contributed by atoms with van der Waals surface area (Å²) in [5, 5.41) is 0. The van der Waals surface area contributed by atoms with Crippen LogP contribution in [-0.2, 0) is 11.2 Å². The number of aryl methyl sites for hydroxylation is 1. The molecule has 0 saturated heterocycles. The molecule has 0 aliphatic carbocycles. The van der Waals surface area contributed by atoms with Crippen LogP contribution in [0.3, 0.4) is 0 Å². The lowest BCUT2D eigenvalue weighted by molar-refractivity contribution is 0.0600. The Morgan fingerprint density at radius 2 is 2.19 bits per heavy atom. The summed E-state index contributed by atoms with van der Waals surface area (Å²) in [6, 6.07) is 3.74.